The zero-order valence-corrected chi connectivity index (χ0v) is 7.09. The van der Waals surface area contributed by atoms with E-state index in [0.717, 1.165) is 12.8 Å². The standard InChI is InChI=1S/C10H10FNO/c11-9-4-3-7(10(12)13)5-8(9)6-1-2-6/h3-6H,1-2H2,(H2,12,13). The van der Waals surface area contributed by atoms with Crippen molar-refractivity contribution in [1.82, 2.24) is 0 Å². The summed E-state index contributed by atoms with van der Waals surface area (Å²) in [5.74, 6) is -0.422. The molecule has 2 rings (SSSR count). The van der Waals surface area contributed by atoms with Gasteiger partial charge in [0.05, 0.1) is 0 Å². The van der Waals surface area contributed by atoms with E-state index in [1.54, 1.807) is 6.07 Å². The van der Waals surface area contributed by atoms with E-state index in [4.69, 9.17) is 5.73 Å². The van der Waals surface area contributed by atoms with Gasteiger partial charge in [-0.25, -0.2) is 4.39 Å². The molecule has 0 heterocycles. The lowest BCUT2D eigenvalue weighted by molar-refractivity contribution is 0.1000. The highest BCUT2D eigenvalue weighted by Crippen LogP contribution is 2.41. The van der Waals surface area contributed by atoms with Crippen LogP contribution in [0.5, 0.6) is 0 Å². The first-order valence-electron chi connectivity index (χ1n) is 4.27. The van der Waals surface area contributed by atoms with Crippen molar-refractivity contribution in [3.8, 4) is 0 Å². The van der Waals surface area contributed by atoms with Crippen molar-refractivity contribution < 1.29 is 9.18 Å². The van der Waals surface area contributed by atoms with E-state index in [-0.39, 0.29) is 5.82 Å². The number of primary amides is 1. The van der Waals surface area contributed by atoms with Gasteiger partial charge in [0.25, 0.3) is 0 Å². The molecule has 0 aromatic heterocycles. The zero-order valence-electron chi connectivity index (χ0n) is 7.09. The molecule has 0 atom stereocenters. The number of rotatable bonds is 2. The summed E-state index contributed by atoms with van der Waals surface area (Å²) in [5.41, 5.74) is 6.12. The molecule has 0 bridgehead atoms. The SMILES string of the molecule is NC(=O)c1ccc(F)c(C2CC2)c1. The van der Waals surface area contributed by atoms with E-state index in [2.05, 4.69) is 0 Å². The summed E-state index contributed by atoms with van der Waals surface area (Å²) in [6, 6.07) is 4.30. The van der Waals surface area contributed by atoms with Crippen LogP contribution in [0.3, 0.4) is 0 Å². The number of halogens is 1. The third-order valence-corrected chi connectivity index (χ3v) is 2.30. The Labute approximate surface area is 75.6 Å². The summed E-state index contributed by atoms with van der Waals surface area (Å²) in [4.78, 5) is 10.8. The van der Waals surface area contributed by atoms with Crippen molar-refractivity contribution in [3.05, 3.63) is 35.1 Å². The quantitative estimate of drug-likeness (QED) is 0.739. The van der Waals surface area contributed by atoms with Crippen molar-refractivity contribution in [2.75, 3.05) is 0 Å². The number of amides is 1. The summed E-state index contributed by atoms with van der Waals surface area (Å²) < 4.78 is 13.2. The molecule has 0 radical (unpaired) electrons. The van der Waals surface area contributed by atoms with E-state index in [1.807, 2.05) is 0 Å². The fraction of sp³-hybridized carbons (Fsp3) is 0.300. The first kappa shape index (κ1) is 8.23. The van der Waals surface area contributed by atoms with E-state index in [9.17, 15) is 9.18 Å². The third kappa shape index (κ3) is 1.54. The fourth-order valence-electron chi connectivity index (χ4n) is 1.40. The van der Waals surface area contributed by atoms with Gasteiger partial charge in [0.1, 0.15) is 5.82 Å². The van der Waals surface area contributed by atoms with Crippen LogP contribution in [0.1, 0.15) is 34.7 Å². The second-order valence-electron chi connectivity index (χ2n) is 3.37. The summed E-state index contributed by atoms with van der Waals surface area (Å²) >= 11 is 0. The molecule has 1 aliphatic carbocycles. The zero-order chi connectivity index (χ0) is 9.42. The largest absolute Gasteiger partial charge is 0.366 e. The van der Waals surface area contributed by atoms with Crippen LogP contribution in [0.15, 0.2) is 18.2 Å². The van der Waals surface area contributed by atoms with Crippen LogP contribution in [-0.4, -0.2) is 5.91 Å². The van der Waals surface area contributed by atoms with E-state index >= 15 is 0 Å². The molecule has 0 aliphatic heterocycles. The highest BCUT2D eigenvalue weighted by Gasteiger charge is 2.26. The summed E-state index contributed by atoms with van der Waals surface area (Å²) in [6.07, 6.45) is 2.03. The second kappa shape index (κ2) is 2.83. The maximum atomic E-state index is 13.2. The topological polar surface area (TPSA) is 43.1 Å². The van der Waals surface area contributed by atoms with Gasteiger partial charge in [-0.15, -0.1) is 0 Å². The third-order valence-electron chi connectivity index (χ3n) is 2.30. The molecule has 13 heavy (non-hydrogen) atoms. The Bertz CT molecular complexity index is 358. The Hall–Kier alpha value is -1.38. The number of carbonyl (C=O) groups is 1. The Morgan fingerprint density at radius 2 is 2.15 bits per heavy atom. The van der Waals surface area contributed by atoms with Crippen molar-refractivity contribution in [2.45, 2.75) is 18.8 Å². The summed E-state index contributed by atoms with van der Waals surface area (Å²) in [7, 11) is 0. The van der Waals surface area contributed by atoms with Gasteiger partial charge in [-0.05, 0) is 42.5 Å². The molecule has 1 amide bonds. The maximum absolute atomic E-state index is 13.2. The molecule has 0 saturated heterocycles. The minimum atomic E-state index is -0.498. The highest BCUT2D eigenvalue weighted by molar-refractivity contribution is 5.92. The normalized spacial score (nSPS) is 15.8. The smallest absolute Gasteiger partial charge is 0.248 e. The molecule has 68 valence electrons. The molecular weight excluding hydrogens is 169 g/mol. The molecule has 1 aliphatic rings. The van der Waals surface area contributed by atoms with Crippen LogP contribution < -0.4 is 5.73 Å². The average molecular weight is 179 g/mol. The Morgan fingerprint density at radius 1 is 1.46 bits per heavy atom. The van der Waals surface area contributed by atoms with Gasteiger partial charge < -0.3 is 5.73 Å². The van der Waals surface area contributed by atoms with Crippen molar-refractivity contribution in [3.63, 3.8) is 0 Å². The van der Waals surface area contributed by atoms with Crippen molar-refractivity contribution in [1.29, 1.82) is 0 Å². The van der Waals surface area contributed by atoms with Crippen LogP contribution in [0.2, 0.25) is 0 Å². The van der Waals surface area contributed by atoms with E-state index < -0.39 is 5.91 Å². The summed E-state index contributed by atoms with van der Waals surface area (Å²) in [6.45, 7) is 0. The Balaban J connectivity index is 2.41. The van der Waals surface area contributed by atoms with Gasteiger partial charge in [-0.3, -0.25) is 4.79 Å². The van der Waals surface area contributed by atoms with Gasteiger partial charge in [-0.2, -0.15) is 0 Å². The molecule has 1 saturated carbocycles. The minimum absolute atomic E-state index is 0.229. The van der Waals surface area contributed by atoms with E-state index in [1.165, 1.54) is 12.1 Å². The number of nitrogens with two attached hydrogens (primary N) is 1. The lowest BCUT2D eigenvalue weighted by atomic mass is 10.1. The molecule has 1 fully saturated rings. The number of benzene rings is 1. The van der Waals surface area contributed by atoms with Crippen LogP contribution in [0.25, 0.3) is 0 Å². The maximum Gasteiger partial charge on any atom is 0.248 e. The van der Waals surface area contributed by atoms with E-state index in [0.29, 0.717) is 17.0 Å². The van der Waals surface area contributed by atoms with Crippen LogP contribution in [0, 0.1) is 5.82 Å². The molecule has 2 N–H and O–H groups in total. The molecule has 3 heteroatoms. The van der Waals surface area contributed by atoms with Gasteiger partial charge in [0, 0.05) is 5.56 Å². The average Bonchev–Trinajstić information content (AvgIpc) is 2.87. The van der Waals surface area contributed by atoms with Crippen LogP contribution in [-0.2, 0) is 0 Å². The molecule has 0 spiro atoms. The fourth-order valence-corrected chi connectivity index (χ4v) is 1.40. The molecule has 1 aromatic rings. The second-order valence-corrected chi connectivity index (χ2v) is 3.37. The highest BCUT2D eigenvalue weighted by atomic mass is 19.1. The first-order chi connectivity index (χ1) is 6.18. The Kier molecular flexibility index (Phi) is 1.79. The van der Waals surface area contributed by atoms with Gasteiger partial charge in [0.2, 0.25) is 5.91 Å². The van der Waals surface area contributed by atoms with Gasteiger partial charge in [0.15, 0.2) is 0 Å². The Morgan fingerprint density at radius 3 is 2.69 bits per heavy atom. The predicted molar refractivity (Wildman–Crippen MR) is 46.9 cm³/mol. The number of hydrogen-bond donors (Lipinski definition) is 1. The van der Waals surface area contributed by atoms with Crippen molar-refractivity contribution >= 4 is 5.91 Å². The predicted octanol–water partition coefficient (Wildman–Crippen LogP) is 1.80. The van der Waals surface area contributed by atoms with Gasteiger partial charge in [-0.1, -0.05) is 0 Å². The minimum Gasteiger partial charge on any atom is -0.366 e. The van der Waals surface area contributed by atoms with Gasteiger partial charge >= 0.3 is 0 Å². The lowest BCUT2D eigenvalue weighted by Gasteiger charge is -2.02. The molecular formula is C10H10FNO. The lowest BCUT2D eigenvalue weighted by Crippen LogP contribution is -2.11. The molecule has 1 aromatic carbocycles. The number of hydrogen-bond acceptors (Lipinski definition) is 1. The monoisotopic (exact) mass is 179 g/mol. The molecule has 0 unspecified atom stereocenters. The van der Waals surface area contributed by atoms with Crippen LogP contribution in [0.4, 0.5) is 4.39 Å². The number of carbonyl (C=O) groups excluding carboxylic acids is 1. The first-order valence-corrected chi connectivity index (χ1v) is 4.27. The summed E-state index contributed by atoms with van der Waals surface area (Å²) in [5, 5.41) is 0. The van der Waals surface area contributed by atoms with Crippen LogP contribution >= 0.6 is 0 Å². The van der Waals surface area contributed by atoms with Crippen molar-refractivity contribution in [2.24, 2.45) is 5.73 Å². The molecule has 2 nitrogen and oxygen atoms in total.